The number of ether oxygens (including phenoxy) is 4. The molecular weight excluding hydrogens is 543 g/mol. The minimum absolute atomic E-state index is 0.0726. The number of anilines is 1. The Morgan fingerprint density at radius 2 is 1.54 bits per heavy atom. The highest BCUT2D eigenvalue weighted by atomic mass is 35.5. The molecule has 3 amide bonds. The Bertz CT molecular complexity index is 1350. The Hall–Kier alpha value is -3.33. The first-order valence-electron chi connectivity index (χ1n) is 11.0. The van der Waals surface area contributed by atoms with Crippen LogP contribution in [0.2, 0.25) is 15.1 Å². The lowest BCUT2D eigenvalue weighted by molar-refractivity contribution is 0.0961. The highest BCUT2D eigenvalue weighted by Gasteiger charge is 2.34. The summed E-state index contributed by atoms with van der Waals surface area (Å²) in [5, 5.41) is 5.60. The van der Waals surface area contributed by atoms with Crippen LogP contribution in [0.3, 0.4) is 0 Å². The van der Waals surface area contributed by atoms with Crippen molar-refractivity contribution in [2.24, 2.45) is 0 Å². The molecule has 0 fully saturated rings. The molecule has 0 aliphatic carbocycles. The van der Waals surface area contributed by atoms with Crippen molar-refractivity contribution in [3.63, 3.8) is 0 Å². The van der Waals surface area contributed by atoms with Crippen molar-refractivity contribution in [1.29, 1.82) is 0 Å². The van der Waals surface area contributed by atoms with Crippen molar-refractivity contribution in [3.8, 4) is 28.7 Å². The molecule has 4 rings (SSSR count). The number of carbonyl (C=O) groups excluding carboxylic acids is 2. The molecule has 1 aliphatic heterocycles. The molecule has 3 aromatic rings. The normalized spacial score (nSPS) is 13.3. The lowest BCUT2D eigenvalue weighted by Gasteiger charge is -2.19. The Morgan fingerprint density at radius 3 is 2.14 bits per heavy atom. The maximum atomic E-state index is 12.7. The largest absolute Gasteiger partial charge is 0.496 e. The van der Waals surface area contributed by atoms with Crippen molar-refractivity contribution < 1.29 is 28.5 Å². The van der Waals surface area contributed by atoms with E-state index in [-0.39, 0.29) is 38.5 Å². The number of benzene rings is 3. The fourth-order valence-corrected chi connectivity index (χ4v) is 4.70. The molecule has 2 N–H and O–H groups in total. The van der Waals surface area contributed by atoms with Gasteiger partial charge in [-0.2, -0.15) is 0 Å². The summed E-state index contributed by atoms with van der Waals surface area (Å²) in [6, 6.07) is 10.3. The molecule has 11 heteroatoms. The summed E-state index contributed by atoms with van der Waals surface area (Å²) in [5.74, 6) is 0.877. The third-order valence-corrected chi connectivity index (χ3v) is 6.41. The van der Waals surface area contributed by atoms with Gasteiger partial charge in [0.05, 0.1) is 24.3 Å². The second kappa shape index (κ2) is 10.6. The number of hydrogen-bond acceptors (Lipinski definition) is 6. The number of carbonyl (C=O) groups is 2. The zero-order valence-electron chi connectivity index (χ0n) is 20.3. The Kier molecular flexibility index (Phi) is 7.64. The van der Waals surface area contributed by atoms with Crippen LogP contribution in [0.15, 0.2) is 42.5 Å². The van der Waals surface area contributed by atoms with Gasteiger partial charge in [-0.3, -0.25) is 10.1 Å². The van der Waals surface area contributed by atoms with Crippen LogP contribution in [0.4, 0.5) is 10.5 Å². The Labute approximate surface area is 228 Å². The predicted molar refractivity (Wildman–Crippen MR) is 142 cm³/mol. The fraction of sp³-hybridized carbons (Fsp3) is 0.231. The number of methoxy groups -OCH3 is 2. The van der Waals surface area contributed by atoms with Crippen LogP contribution in [-0.4, -0.2) is 31.8 Å². The van der Waals surface area contributed by atoms with E-state index >= 15 is 0 Å². The lowest BCUT2D eigenvalue weighted by atomic mass is 10.0. The Balaban J connectivity index is 1.51. The second-order valence-electron chi connectivity index (χ2n) is 8.71. The number of hydrogen-bond donors (Lipinski definition) is 2. The van der Waals surface area contributed by atoms with Gasteiger partial charge >= 0.3 is 6.03 Å². The predicted octanol–water partition coefficient (Wildman–Crippen LogP) is 7.13. The van der Waals surface area contributed by atoms with E-state index in [9.17, 15) is 9.59 Å². The molecular formula is C26H23Cl3N2O6. The summed E-state index contributed by atoms with van der Waals surface area (Å²) in [4.78, 5) is 25.3. The SMILES string of the molecule is COc1cccc(OC)c1C(=O)NC(=O)Nc1cc(Cl)c(Oc2ccc(Cl)c3c2OC(C)(C)C3)c(Cl)c1. The lowest BCUT2D eigenvalue weighted by Crippen LogP contribution is -2.34. The first-order chi connectivity index (χ1) is 17.5. The smallest absolute Gasteiger partial charge is 0.326 e. The molecule has 37 heavy (non-hydrogen) atoms. The van der Waals surface area contributed by atoms with Gasteiger partial charge in [0.1, 0.15) is 22.7 Å². The van der Waals surface area contributed by atoms with Gasteiger partial charge in [0, 0.05) is 22.7 Å². The Morgan fingerprint density at radius 1 is 0.919 bits per heavy atom. The van der Waals surface area contributed by atoms with Crippen LogP contribution in [-0.2, 0) is 6.42 Å². The van der Waals surface area contributed by atoms with Gasteiger partial charge in [0.15, 0.2) is 17.2 Å². The number of halogens is 3. The number of rotatable bonds is 6. The van der Waals surface area contributed by atoms with Crippen LogP contribution < -0.4 is 29.6 Å². The number of fused-ring (bicyclic) bond motifs is 1. The van der Waals surface area contributed by atoms with E-state index in [1.165, 1.54) is 26.4 Å². The van der Waals surface area contributed by atoms with Crippen molar-refractivity contribution in [2.75, 3.05) is 19.5 Å². The first kappa shape index (κ1) is 26.7. The fourth-order valence-electron chi connectivity index (χ4n) is 3.92. The third-order valence-electron chi connectivity index (χ3n) is 5.50. The standard InChI is InChI=1S/C26H23Cl3N2O6/c1-26(2)12-14-15(27)8-9-20(22(14)37-26)36-23-16(28)10-13(11-17(23)29)30-25(33)31-24(32)21-18(34-3)6-5-7-19(21)35-4/h5-11H,12H2,1-4H3,(H2,30,31,32,33). The molecule has 8 nitrogen and oxygen atoms in total. The van der Waals surface area contributed by atoms with Gasteiger partial charge < -0.3 is 24.3 Å². The molecule has 0 aromatic heterocycles. The maximum absolute atomic E-state index is 12.7. The van der Waals surface area contributed by atoms with E-state index in [2.05, 4.69) is 10.6 Å². The summed E-state index contributed by atoms with van der Waals surface area (Å²) < 4.78 is 22.5. The van der Waals surface area contributed by atoms with Gasteiger partial charge in [-0.25, -0.2) is 4.79 Å². The zero-order valence-corrected chi connectivity index (χ0v) is 22.6. The molecule has 3 aromatic carbocycles. The molecule has 0 spiro atoms. The topological polar surface area (TPSA) is 95.1 Å². The van der Waals surface area contributed by atoms with Crippen molar-refractivity contribution >= 4 is 52.4 Å². The van der Waals surface area contributed by atoms with Gasteiger partial charge in [-0.1, -0.05) is 40.9 Å². The number of amides is 3. The van der Waals surface area contributed by atoms with E-state index in [0.717, 1.165) is 5.56 Å². The summed E-state index contributed by atoms with van der Waals surface area (Å²) in [6.45, 7) is 3.90. The van der Waals surface area contributed by atoms with Gasteiger partial charge in [0.25, 0.3) is 5.91 Å². The molecule has 194 valence electrons. The van der Waals surface area contributed by atoms with E-state index in [0.29, 0.717) is 22.9 Å². The first-order valence-corrected chi connectivity index (χ1v) is 12.2. The molecule has 0 radical (unpaired) electrons. The summed E-state index contributed by atoms with van der Waals surface area (Å²) in [6.07, 6.45) is 0.622. The van der Waals surface area contributed by atoms with Gasteiger partial charge in [-0.15, -0.1) is 0 Å². The van der Waals surface area contributed by atoms with Crippen LogP contribution in [0.5, 0.6) is 28.7 Å². The van der Waals surface area contributed by atoms with Crippen LogP contribution in [0.1, 0.15) is 29.8 Å². The van der Waals surface area contributed by atoms with Crippen molar-refractivity contribution in [2.45, 2.75) is 25.9 Å². The van der Waals surface area contributed by atoms with E-state index < -0.39 is 17.5 Å². The molecule has 0 bridgehead atoms. The quantitative estimate of drug-likeness (QED) is 0.330. The van der Waals surface area contributed by atoms with Crippen LogP contribution in [0, 0.1) is 0 Å². The molecule has 0 atom stereocenters. The number of urea groups is 1. The summed E-state index contributed by atoms with van der Waals surface area (Å²) in [5.41, 5.74) is 0.704. The number of imide groups is 1. The van der Waals surface area contributed by atoms with Crippen molar-refractivity contribution in [3.05, 3.63) is 68.7 Å². The zero-order chi connectivity index (χ0) is 26.9. The van der Waals surface area contributed by atoms with E-state index in [1.807, 2.05) is 13.8 Å². The van der Waals surface area contributed by atoms with Crippen molar-refractivity contribution in [1.82, 2.24) is 5.32 Å². The number of nitrogens with one attached hydrogen (secondary N) is 2. The van der Waals surface area contributed by atoms with Gasteiger partial charge in [-0.05, 0) is 50.2 Å². The molecule has 0 unspecified atom stereocenters. The maximum Gasteiger partial charge on any atom is 0.326 e. The average molecular weight is 566 g/mol. The monoisotopic (exact) mass is 564 g/mol. The molecule has 1 aliphatic rings. The van der Waals surface area contributed by atoms with E-state index in [4.69, 9.17) is 53.8 Å². The highest BCUT2D eigenvalue weighted by molar-refractivity contribution is 6.37. The van der Waals surface area contributed by atoms with Gasteiger partial charge in [0.2, 0.25) is 0 Å². The molecule has 1 heterocycles. The third kappa shape index (κ3) is 5.66. The van der Waals surface area contributed by atoms with E-state index in [1.54, 1.807) is 30.3 Å². The molecule has 0 saturated heterocycles. The minimum atomic E-state index is -0.815. The summed E-state index contributed by atoms with van der Waals surface area (Å²) in [7, 11) is 2.81. The second-order valence-corrected chi connectivity index (χ2v) is 9.93. The molecule has 0 saturated carbocycles. The highest BCUT2D eigenvalue weighted by Crippen LogP contribution is 2.48. The van der Waals surface area contributed by atoms with Crippen LogP contribution in [0.25, 0.3) is 0 Å². The average Bonchev–Trinajstić information content (AvgIpc) is 3.18. The summed E-state index contributed by atoms with van der Waals surface area (Å²) >= 11 is 19.2. The minimum Gasteiger partial charge on any atom is -0.496 e. The van der Waals surface area contributed by atoms with Crippen LogP contribution >= 0.6 is 34.8 Å².